The number of furan rings is 1. The van der Waals surface area contributed by atoms with Gasteiger partial charge in [-0.1, -0.05) is 31.2 Å². The molecule has 5 aromatic rings. The van der Waals surface area contributed by atoms with Crippen molar-refractivity contribution in [3.05, 3.63) is 95.2 Å². The first kappa shape index (κ1) is 20.7. The zero-order valence-corrected chi connectivity index (χ0v) is 18.8. The van der Waals surface area contributed by atoms with Gasteiger partial charge in [-0.25, -0.2) is 0 Å². The summed E-state index contributed by atoms with van der Waals surface area (Å²) in [7, 11) is 0. The lowest BCUT2D eigenvalue weighted by Gasteiger charge is -2.04. The fourth-order valence-electron chi connectivity index (χ4n) is 3.68. The molecule has 1 N–H and O–H groups in total. The van der Waals surface area contributed by atoms with Crippen LogP contribution in [0.25, 0.3) is 28.0 Å². The van der Waals surface area contributed by atoms with Crippen molar-refractivity contribution in [1.29, 1.82) is 0 Å². The van der Waals surface area contributed by atoms with E-state index in [2.05, 4.69) is 54.5 Å². The molecule has 3 aromatic carbocycles. The maximum absolute atomic E-state index is 12.8. The lowest BCUT2D eigenvalue weighted by atomic mass is 10.1. The van der Waals surface area contributed by atoms with Gasteiger partial charge in [-0.3, -0.25) is 4.79 Å². The van der Waals surface area contributed by atoms with E-state index in [1.165, 1.54) is 16.7 Å². The Bertz CT molecular complexity index is 1460. The highest BCUT2D eigenvalue weighted by Crippen LogP contribution is 2.25. The van der Waals surface area contributed by atoms with Crippen molar-refractivity contribution in [2.45, 2.75) is 27.2 Å². The molecule has 0 aliphatic carbocycles. The maximum Gasteiger partial charge on any atom is 0.291 e. The van der Waals surface area contributed by atoms with Gasteiger partial charge in [0.25, 0.3) is 5.91 Å². The fourth-order valence-corrected chi connectivity index (χ4v) is 3.68. The quantitative estimate of drug-likeness (QED) is 0.361. The van der Waals surface area contributed by atoms with Gasteiger partial charge in [0.2, 0.25) is 0 Å². The SMILES string of the molecule is CCc1ccc(-n2nc3ccc(NC(=O)c4ccc(-c5ccc(C)c(C)c5)o4)cc3n2)cc1. The monoisotopic (exact) mass is 436 g/mol. The molecule has 0 atom stereocenters. The van der Waals surface area contributed by atoms with Crippen LogP contribution >= 0.6 is 0 Å². The third-order valence-electron chi connectivity index (χ3n) is 5.83. The molecular weight excluding hydrogens is 412 g/mol. The van der Waals surface area contributed by atoms with E-state index in [0.29, 0.717) is 17.0 Å². The second-order valence-electron chi connectivity index (χ2n) is 8.13. The number of fused-ring (bicyclic) bond motifs is 1. The normalized spacial score (nSPS) is 11.1. The summed E-state index contributed by atoms with van der Waals surface area (Å²) in [6, 6.07) is 23.2. The summed E-state index contributed by atoms with van der Waals surface area (Å²) in [6.07, 6.45) is 0.986. The molecule has 0 unspecified atom stereocenters. The van der Waals surface area contributed by atoms with Gasteiger partial charge in [0.15, 0.2) is 5.76 Å². The van der Waals surface area contributed by atoms with Crippen LogP contribution in [0.4, 0.5) is 5.69 Å². The Balaban J connectivity index is 1.35. The number of aryl methyl sites for hydroxylation is 3. The van der Waals surface area contributed by atoms with E-state index < -0.39 is 0 Å². The second-order valence-corrected chi connectivity index (χ2v) is 8.13. The molecule has 33 heavy (non-hydrogen) atoms. The summed E-state index contributed by atoms with van der Waals surface area (Å²) in [5, 5.41) is 12.0. The summed E-state index contributed by atoms with van der Waals surface area (Å²) < 4.78 is 5.82. The third-order valence-corrected chi connectivity index (χ3v) is 5.83. The zero-order valence-electron chi connectivity index (χ0n) is 18.8. The number of anilines is 1. The lowest BCUT2D eigenvalue weighted by molar-refractivity contribution is 0.0997. The number of nitrogens with one attached hydrogen (secondary N) is 1. The standard InChI is InChI=1S/C27H24N4O2/c1-4-19-6-10-22(11-7-19)31-29-23-12-9-21(16-24(23)30-31)28-27(32)26-14-13-25(33-26)20-8-5-17(2)18(3)15-20/h5-16H,4H2,1-3H3,(H,28,32). The van der Waals surface area contributed by atoms with Crippen molar-refractivity contribution in [2.24, 2.45) is 0 Å². The van der Waals surface area contributed by atoms with E-state index >= 15 is 0 Å². The molecule has 0 saturated carbocycles. The smallest absolute Gasteiger partial charge is 0.291 e. The van der Waals surface area contributed by atoms with Crippen LogP contribution in [0.5, 0.6) is 0 Å². The Morgan fingerprint density at radius 3 is 2.42 bits per heavy atom. The molecule has 0 aliphatic rings. The van der Waals surface area contributed by atoms with Gasteiger partial charge < -0.3 is 9.73 Å². The Hall–Kier alpha value is -4.19. The number of rotatable bonds is 5. The van der Waals surface area contributed by atoms with Crippen LogP contribution in [-0.2, 0) is 6.42 Å². The molecule has 1 amide bonds. The largest absolute Gasteiger partial charge is 0.451 e. The van der Waals surface area contributed by atoms with Crippen molar-refractivity contribution in [3.63, 3.8) is 0 Å². The van der Waals surface area contributed by atoms with Gasteiger partial charge in [-0.05, 0) is 85.5 Å². The zero-order chi connectivity index (χ0) is 22.9. The number of carbonyl (C=O) groups is 1. The molecular formula is C27H24N4O2. The first-order valence-corrected chi connectivity index (χ1v) is 11.0. The second kappa shape index (κ2) is 8.39. The van der Waals surface area contributed by atoms with Crippen molar-refractivity contribution < 1.29 is 9.21 Å². The Morgan fingerprint density at radius 1 is 0.879 bits per heavy atom. The Kier molecular flexibility index (Phi) is 5.26. The summed E-state index contributed by atoms with van der Waals surface area (Å²) in [5.41, 5.74) is 7.58. The molecule has 164 valence electrons. The first-order valence-electron chi connectivity index (χ1n) is 11.0. The molecule has 2 aromatic heterocycles. The van der Waals surface area contributed by atoms with E-state index in [-0.39, 0.29) is 11.7 Å². The van der Waals surface area contributed by atoms with E-state index in [1.807, 2.05) is 48.5 Å². The van der Waals surface area contributed by atoms with Crippen LogP contribution in [0.2, 0.25) is 0 Å². The maximum atomic E-state index is 12.8. The summed E-state index contributed by atoms with van der Waals surface area (Å²) >= 11 is 0. The molecule has 0 radical (unpaired) electrons. The van der Waals surface area contributed by atoms with Crippen LogP contribution in [0, 0.1) is 13.8 Å². The highest BCUT2D eigenvalue weighted by molar-refractivity contribution is 6.03. The van der Waals surface area contributed by atoms with Crippen molar-refractivity contribution in [2.75, 3.05) is 5.32 Å². The van der Waals surface area contributed by atoms with Gasteiger partial charge >= 0.3 is 0 Å². The summed E-state index contributed by atoms with van der Waals surface area (Å²) in [6.45, 7) is 6.25. The van der Waals surface area contributed by atoms with Gasteiger partial charge in [-0.15, -0.1) is 10.2 Å². The lowest BCUT2D eigenvalue weighted by Crippen LogP contribution is -2.10. The first-order chi connectivity index (χ1) is 16.0. The van der Waals surface area contributed by atoms with E-state index in [9.17, 15) is 4.79 Å². The van der Waals surface area contributed by atoms with E-state index in [0.717, 1.165) is 23.2 Å². The number of nitrogens with zero attached hydrogens (tertiary/aromatic N) is 3. The Morgan fingerprint density at radius 2 is 1.67 bits per heavy atom. The highest BCUT2D eigenvalue weighted by Gasteiger charge is 2.14. The minimum absolute atomic E-state index is 0.253. The predicted octanol–water partition coefficient (Wildman–Crippen LogP) is 6.11. The molecule has 5 rings (SSSR count). The molecule has 2 heterocycles. The van der Waals surface area contributed by atoms with Crippen LogP contribution in [0.15, 0.2) is 77.2 Å². The number of amides is 1. The molecule has 6 heteroatoms. The molecule has 0 fully saturated rings. The third kappa shape index (κ3) is 4.15. The minimum atomic E-state index is -0.313. The van der Waals surface area contributed by atoms with Crippen molar-refractivity contribution >= 4 is 22.6 Å². The number of aromatic nitrogens is 3. The average Bonchev–Trinajstić information content (AvgIpc) is 3.48. The number of carbonyl (C=O) groups excluding carboxylic acids is 1. The number of hydrogen-bond acceptors (Lipinski definition) is 4. The summed E-state index contributed by atoms with van der Waals surface area (Å²) in [4.78, 5) is 14.4. The Labute approximate surface area is 191 Å². The molecule has 0 spiro atoms. The van der Waals surface area contributed by atoms with Crippen LogP contribution < -0.4 is 5.32 Å². The number of benzene rings is 3. The van der Waals surface area contributed by atoms with Crippen LogP contribution in [-0.4, -0.2) is 20.9 Å². The van der Waals surface area contributed by atoms with Crippen LogP contribution in [0.1, 0.15) is 34.2 Å². The molecule has 0 bridgehead atoms. The van der Waals surface area contributed by atoms with E-state index in [1.54, 1.807) is 10.9 Å². The van der Waals surface area contributed by atoms with Crippen molar-refractivity contribution in [1.82, 2.24) is 15.0 Å². The van der Waals surface area contributed by atoms with Gasteiger partial charge in [0, 0.05) is 11.3 Å². The van der Waals surface area contributed by atoms with Gasteiger partial charge in [0.05, 0.1) is 5.69 Å². The van der Waals surface area contributed by atoms with Gasteiger partial charge in [-0.2, -0.15) is 4.80 Å². The predicted molar refractivity (Wildman–Crippen MR) is 130 cm³/mol. The molecule has 6 nitrogen and oxygen atoms in total. The topological polar surface area (TPSA) is 73.0 Å². The summed E-state index contributed by atoms with van der Waals surface area (Å²) in [5.74, 6) is 0.603. The van der Waals surface area contributed by atoms with Crippen molar-refractivity contribution in [3.8, 4) is 17.0 Å². The van der Waals surface area contributed by atoms with Crippen LogP contribution in [0.3, 0.4) is 0 Å². The highest BCUT2D eigenvalue weighted by atomic mass is 16.3. The average molecular weight is 437 g/mol. The minimum Gasteiger partial charge on any atom is -0.451 e. The number of hydrogen-bond donors (Lipinski definition) is 1. The van der Waals surface area contributed by atoms with E-state index in [4.69, 9.17) is 4.42 Å². The van der Waals surface area contributed by atoms with Gasteiger partial charge in [0.1, 0.15) is 16.8 Å². The molecule has 0 aliphatic heterocycles. The fraction of sp³-hybridized carbons (Fsp3) is 0.148. The molecule has 0 saturated heterocycles.